The summed E-state index contributed by atoms with van der Waals surface area (Å²) in [5.41, 5.74) is 0. The van der Waals surface area contributed by atoms with E-state index in [0.717, 1.165) is 54.5 Å². The zero-order chi connectivity index (χ0) is 54.4. The van der Waals surface area contributed by atoms with Crippen molar-refractivity contribution < 1.29 is 30.6 Å². The van der Waals surface area contributed by atoms with Crippen molar-refractivity contribution in [2.24, 2.45) is 11.8 Å². The number of fused-ring (bicyclic) bond motifs is 4. The lowest BCUT2D eigenvalue weighted by atomic mass is 10.1. The molecule has 6 N–H and O–H groups in total. The van der Waals surface area contributed by atoms with Gasteiger partial charge in [0, 0.05) is 42.7 Å². The van der Waals surface area contributed by atoms with Crippen LogP contribution in [0.2, 0.25) is 0 Å². The van der Waals surface area contributed by atoms with E-state index in [1.54, 1.807) is 0 Å². The first-order chi connectivity index (χ1) is 33.3. The molecule has 0 saturated carbocycles. The second kappa shape index (κ2) is 70.6. The lowest BCUT2D eigenvalue weighted by Crippen LogP contribution is -1.67. The standard InChI is InChI=1S/4C10H8.2C4H10.4C2H6.6CH4O/c4*1-2-6-10-8-4-3-7-9(10)5-1;2*1-4(2)3;10*1-2/h4*1-8H;2*4H,1-3H3;4*1-2H3;6*2H,1H3. The quantitative estimate of drug-likeness (QED) is 0.0901. The maximum absolute atomic E-state index is 7.00. The Labute approximate surface area is 417 Å². The summed E-state index contributed by atoms with van der Waals surface area (Å²) in [7, 11) is 6.00. The molecule has 6 heteroatoms. The van der Waals surface area contributed by atoms with E-state index in [-0.39, 0.29) is 0 Å². The van der Waals surface area contributed by atoms with Crippen molar-refractivity contribution in [3.05, 3.63) is 194 Å². The highest BCUT2D eigenvalue weighted by Crippen LogP contribution is 2.13. The van der Waals surface area contributed by atoms with E-state index in [1.165, 1.54) is 43.1 Å². The van der Waals surface area contributed by atoms with E-state index in [9.17, 15) is 0 Å². The Morgan fingerprint density at radius 3 is 0.265 bits per heavy atom. The third-order valence-electron chi connectivity index (χ3n) is 6.63. The second-order valence-electron chi connectivity index (χ2n) is 12.9. The highest BCUT2D eigenvalue weighted by molar-refractivity contribution is 5.84. The average molecular weight is 941 g/mol. The van der Waals surface area contributed by atoms with Crippen LogP contribution in [0.4, 0.5) is 0 Å². The predicted molar refractivity (Wildman–Crippen MR) is 311 cm³/mol. The van der Waals surface area contributed by atoms with Crippen LogP contribution in [0.25, 0.3) is 43.1 Å². The molecule has 0 fully saturated rings. The van der Waals surface area contributed by atoms with Crippen LogP contribution in [-0.4, -0.2) is 73.3 Å². The molecule has 6 nitrogen and oxygen atoms in total. The highest BCUT2D eigenvalue weighted by atomic mass is 16.2. The van der Waals surface area contributed by atoms with Gasteiger partial charge in [-0.2, -0.15) is 0 Å². The van der Waals surface area contributed by atoms with Crippen LogP contribution in [-0.2, 0) is 0 Å². The molecule has 0 amide bonds. The third-order valence-corrected chi connectivity index (χ3v) is 6.63. The third kappa shape index (κ3) is 48.5. The number of rotatable bonds is 0. The minimum absolute atomic E-state index is 0.833. The number of aliphatic hydroxyl groups excluding tert-OH is 6. The second-order valence-corrected chi connectivity index (χ2v) is 12.9. The number of aliphatic hydroxyl groups is 6. The SMILES string of the molecule is CC.CC.CC.CC.CC(C)C.CC(C)C.CO.CO.CO.CO.CO.CO.c1ccc2ccccc2c1.c1ccc2ccccc2c1.c1ccc2ccccc2c1.c1ccc2ccccc2c1. The smallest absolute Gasteiger partial charge is 0.0319 e. The summed E-state index contributed by atoms with van der Waals surface area (Å²) in [6, 6.07) is 66.9. The predicted octanol–water partition coefficient (Wildman–Crippen LogP) is 16.4. The Hall–Kier alpha value is -5.44. The lowest BCUT2D eigenvalue weighted by Gasteiger charge is -1.92. The topological polar surface area (TPSA) is 121 Å². The first-order valence-corrected chi connectivity index (χ1v) is 23.8. The summed E-state index contributed by atoms with van der Waals surface area (Å²) < 4.78 is 0. The molecule has 0 heterocycles. The van der Waals surface area contributed by atoms with Gasteiger partial charge in [0.25, 0.3) is 0 Å². The van der Waals surface area contributed by atoms with Crippen molar-refractivity contribution in [2.45, 2.75) is 96.9 Å². The first-order valence-electron chi connectivity index (χ1n) is 23.8. The van der Waals surface area contributed by atoms with Crippen molar-refractivity contribution in [1.82, 2.24) is 0 Å². The van der Waals surface area contributed by atoms with Gasteiger partial charge in [-0.05, 0) is 54.9 Å². The molecule has 0 saturated heterocycles. The van der Waals surface area contributed by atoms with E-state index in [1.807, 2.05) is 55.4 Å². The Morgan fingerprint density at radius 1 is 0.176 bits per heavy atom. The number of hydrogen-bond donors (Lipinski definition) is 6. The van der Waals surface area contributed by atoms with Crippen molar-refractivity contribution in [1.29, 1.82) is 0 Å². The van der Waals surface area contributed by atoms with E-state index in [0.29, 0.717) is 0 Å². The fourth-order valence-electron chi connectivity index (χ4n) is 4.53. The maximum atomic E-state index is 7.00. The van der Waals surface area contributed by atoms with Crippen LogP contribution in [0.5, 0.6) is 0 Å². The molecule has 384 valence electrons. The van der Waals surface area contributed by atoms with E-state index < -0.39 is 0 Å². The summed E-state index contributed by atoms with van der Waals surface area (Å²) in [4.78, 5) is 0. The molecule has 0 aromatic heterocycles. The lowest BCUT2D eigenvalue weighted by molar-refractivity contribution is 0.399. The van der Waals surface area contributed by atoms with E-state index in [2.05, 4.69) is 236 Å². The van der Waals surface area contributed by atoms with Gasteiger partial charge in [0.05, 0.1) is 0 Å². The average Bonchev–Trinajstić information content (AvgIpc) is 3.44. The summed E-state index contributed by atoms with van der Waals surface area (Å²) >= 11 is 0. The summed E-state index contributed by atoms with van der Waals surface area (Å²) in [6.45, 7) is 29.0. The monoisotopic (exact) mass is 941 g/mol. The molecular formula is C62H100O6. The molecule has 0 aliphatic carbocycles. The van der Waals surface area contributed by atoms with Crippen LogP contribution >= 0.6 is 0 Å². The Balaban J connectivity index is -0.000000100. The molecule has 8 aromatic carbocycles. The van der Waals surface area contributed by atoms with Crippen LogP contribution < -0.4 is 0 Å². The van der Waals surface area contributed by atoms with E-state index in [4.69, 9.17) is 30.6 Å². The zero-order valence-corrected chi connectivity index (χ0v) is 46.3. The van der Waals surface area contributed by atoms with Gasteiger partial charge in [0.2, 0.25) is 0 Å². The van der Waals surface area contributed by atoms with Crippen LogP contribution in [0.3, 0.4) is 0 Å². The van der Waals surface area contributed by atoms with Gasteiger partial charge in [0.1, 0.15) is 0 Å². The molecule has 0 aliphatic rings. The molecule has 0 aliphatic heterocycles. The van der Waals surface area contributed by atoms with Gasteiger partial charge in [-0.25, -0.2) is 0 Å². The fraction of sp³-hybridized carbons (Fsp3) is 0.355. The molecule has 0 bridgehead atoms. The molecule has 0 spiro atoms. The van der Waals surface area contributed by atoms with Gasteiger partial charge in [-0.1, -0.05) is 291 Å². The minimum Gasteiger partial charge on any atom is -0.400 e. The van der Waals surface area contributed by atoms with Gasteiger partial charge >= 0.3 is 0 Å². The van der Waals surface area contributed by atoms with Gasteiger partial charge in [-0.3, -0.25) is 0 Å². The molecule has 68 heavy (non-hydrogen) atoms. The molecule has 0 radical (unpaired) electrons. The summed E-state index contributed by atoms with van der Waals surface area (Å²) in [5, 5.41) is 52.5. The Kier molecular flexibility index (Phi) is 82.7. The summed E-state index contributed by atoms with van der Waals surface area (Å²) in [6.07, 6.45) is 0. The molecule has 0 atom stereocenters. The van der Waals surface area contributed by atoms with Gasteiger partial charge in [-0.15, -0.1) is 0 Å². The minimum atomic E-state index is 0.833. The largest absolute Gasteiger partial charge is 0.400 e. The van der Waals surface area contributed by atoms with Crippen molar-refractivity contribution >= 4 is 43.1 Å². The highest BCUT2D eigenvalue weighted by Gasteiger charge is 1.88. The summed E-state index contributed by atoms with van der Waals surface area (Å²) in [5.74, 6) is 1.67. The molecule has 8 aromatic rings. The van der Waals surface area contributed by atoms with Gasteiger partial charge in [0.15, 0.2) is 0 Å². The Bertz CT molecular complexity index is 1490. The number of hydrogen-bond acceptors (Lipinski definition) is 6. The van der Waals surface area contributed by atoms with Crippen LogP contribution in [0.15, 0.2) is 194 Å². The first kappa shape index (κ1) is 79.6. The Morgan fingerprint density at radius 2 is 0.221 bits per heavy atom. The normalized spacial score (nSPS) is 7.82. The van der Waals surface area contributed by atoms with Crippen molar-refractivity contribution in [3.63, 3.8) is 0 Å². The van der Waals surface area contributed by atoms with Crippen molar-refractivity contribution in [3.8, 4) is 0 Å². The number of benzene rings is 8. The van der Waals surface area contributed by atoms with Crippen LogP contribution in [0.1, 0.15) is 96.9 Å². The fourth-order valence-corrected chi connectivity index (χ4v) is 4.53. The molecule has 0 unspecified atom stereocenters. The van der Waals surface area contributed by atoms with Crippen LogP contribution in [0, 0.1) is 11.8 Å². The van der Waals surface area contributed by atoms with Gasteiger partial charge < -0.3 is 30.6 Å². The zero-order valence-electron chi connectivity index (χ0n) is 46.3. The van der Waals surface area contributed by atoms with E-state index >= 15 is 0 Å². The molecular weight excluding hydrogens is 841 g/mol. The maximum Gasteiger partial charge on any atom is 0.0319 e. The van der Waals surface area contributed by atoms with Crippen molar-refractivity contribution in [2.75, 3.05) is 42.7 Å². The molecule has 8 rings (SSSR count).